The minimum Gasteiger partial charge on any atom is -0.493 e. The predicted octanol–water partition coefficient (Wildman–Crippen LogP) is 4.99. The fourth-order valence-corrected chi connectivity index (χ4v) is 4.15. The molecule has 0 aromatic heterocycles. The number of nitrogens with one attached hydrogen (secondary N) is 2. The number of hydrogen-bond donors (Lipinski definition) is 2. The summed E-state index contributed by atoms with van der Waals surface area (Å²) in [6.07, 6.45) is 1.08. The number of aryl methyl sites for hydroxylation is 1. The summed E-state index contributed by atoms with van der Waals surface area (Å²) in [6, 6.07) is 20.6. The fourth-order valence-electron chi connectivity index (χ4n) is 3.96. The van der Waals surface area contributed by atoms with E-state index in [2.05, 4.69) is 17.8 Å². The second kappa shape index (κ2) is 11.1. The Kier molecular flexibility index (Phi) is 7.77. The SMILES string of the molecule is CCc1ccc(N2C[C@H](C(=O)NNc3cccc(OC)c3OCc3ccccc3Cl)CC2=O)cc1. The number of hydrogen-bond acceptors (Lipinski definition) is 5. The minimum absolute atomic E-state index is 0.0699. The number of carbonyl (C=O) groups is 2. The highest BCUT2D eigenvalue weighted by Gasteiger charge is 2.35. The molecule has 1 atom stereocenters. The number of rotatable bonds is 9. The van der Waals surface area contributed by atoms with Gasteiger partial charge in [0.25, 0.3) is 0 Å². The van der Waals surface area contributed by atoms with Gasteiger partial charge in [-0.15, -0.1) is 0 Å². The summed E-state index contributed by atoms with van der Waals surface area (Å²) in [7, 11) is 1.55. The molecular weight excluding hydrogens is 466 g/mol. The lowest BCUT2D eigenvalue weighted by molar-refractivity contribution is -0.125. The molecule has 1 saturated heterocycles. The summed E-state index contributed by atoms with van der Waals surface area (Å²) < 4.78 is 11.5. The molecule has 1 aliphatic rings. The summed E-state index contributed by atoms with van der Waals surface area (Å²) in [5.74, 6) is 0.133. The van der Waals surface area contributed by atoms with Crippen LogP contribution in [0.25, 0.3) is 0 Å². The van der Waals surface area contributed by atoms with Gasteiger partial charge in [-0.3, -0.25) is 20.4 Å². The van der Waals surface area contributed by atoms with Crippen LogP contribution < -0.4 is 25.2 Å². The van der Waals surface area contributed by atoms with Crippen LogP contribution in [0.5, 0.6) is 11.5 Å². The number of nitrogens with zero attached hydrogens (tertiary/aromatic N) is 1. The Morgan fingerprint density at radius 3 is 2.57 bits per heavy atom. The lowest BCUT2D eigenvalue weighted by Crippen LogP contribution is -2.36. The molecule has 35 heavy (non-hydrogen) atoms. The van der Waals surface area contributed by atoms with Gasteiger partial charge in [-0.1, -0.05) is 54.9 Å². The maximum atomic E-state index is 12.9. The molecule has 4 rings (SSSR count). The van der Waals surface area contributed by atoms with Crippen LogP contribution >= 0.6 is 11.6 Å². The van der Waals surface area contributed by atoms with E-state index in [1.165, 1.54) is 5.56 Å². The average molecular weight is 494 g/mol. The maximum absolute atomic E-state index is 12.9. The zero-order valence-corrected chi connectivity index (χ0v) is 20.5. The molecule has 8 heteroatoms. The van der Waals surface area contributed by atoms with E-state index in [0.29, 0.717) is 28.8 Å². The number of anilines is 2. The number of benzene rings is 3. The molecule has 182 valence electrons. The molecule has 3 aromatic rings. The van der Waals surface area contributed by atoms with Gasteiger partial charge in [0.15, 0.2) is 11.5 Å². The van der Waals surface area contributed by atoms with Crippen molar-refractivity contribution in [2.75, 3.05) is 24.0 Å². The van der Waals surface area contributed by atoms with E-state index >= 15 is 0 Å². The topological polar surface area (TPSA) is 79.9 Å². The van der Waals surface area contributed by atoms with E-state index in [0.717, 1.165) is 17.7 Å². The Morgan fingerprint density at radius 1 is 1.09 bits per heavy atom. The molecule has 7 nitrogen and oxygen atoms in total. The Bertz CT molecular complexity index is 1200. The second-order valence-electron chi connectivity index (χ2n) is 8.26. The van der Waals surface area contributed by atoms with Crippen LogP contribution in [0.15, 0.2) is 66.7 Å². The molecule has 1 heterocycles. The molecule has 1 fully saturated rings. The zero-order chi connectivity index (χ0) is 24.8. The van der Waals surface area contributed by atoms with Crippen molar-refractivity contribution >= 4 is 34.8 Å². The van der Waals surface area contributed by atoms with Crippen molar-refractivity contribution < 1.29 is 19.1 Å². The van der Waals surface area contributed by atoms with Crippen molar-refractivity contribution in [3.63, 3.8) is 0 Å². The summed E-state index contributed by atoms with van der Waals surface area (Å²) in [5, 5.41) is 0.602. The average Bonchev–Trinajstić information content (AvgIpc) is 3.28. The molecule has 2 amide bonds. The predicted molar refractivity (Wildman–Crippen MR) is 137 cm³/mol. The molecule has 0 saturated carbocycles. The van der Waals surface area contributed by atoms with Crippen LogP contribution in [0, 0.1) is 5.92 Å². The lowest BCUT2D eigenvalue weighted by Gasteiger charge is -2.19. The first-order valence-electron chi connectivity index (χ1n) is 11.5. The van der Waals surface area contributed by atoms with Crippen LogP contribution in [-0.4, -0.2) is 25.5 Å². The van der Waals surface area contributed by atoms with Crippen molar-refractivity contribution in [2.24, 2.45) is 5.92 Å². The largest absolute Gasteiger partial charge is 0.493 e. The fraction of sp³-hybridized carbons (Fsp3) is 0.259. The standard InChI is InChI=1S/C27H28ClN3O4/c1-3-18-11-13-21(14-12-18)31-16-20(15-25(31)32)27(33)30-29-23-9-6-10-24(34-2)26(23)35-17-19-7-4-5-8-22(19)28/h4-14,20,29H,3,15-17H2,1-2H3,(H,30,33)/t20-/m1/s1. The third kappa shape index (κ3) is 5.69. The highest BCUT2D eigenvalue weighted by Crippen LogP contribution is 2.36. The quantitative estimate of drug-likeness (QED) is 0.411. The van der Waals surface area contributed by atoms with Crippen LogP contribution in [0.2, 0.25) is 5.02 Å². The van der Waals surface area contributed by atoms with Crippen LogP contribution in [0.1, 0.15) is 24.5 Å². The molecular formula is C27H28ClN3O4. The smallest absolute Gasteiger partial charge is 0.243 e. The molecule has 0 aliphatic carbocycles. The van der Waals surface area contributed by atoms with E-state index in [4.69, 9.17) is 21.1 Å². The lowest BCUT2D eigenvalue weighted by atomic mass is 10.1. The molecule has 0 bridgehead atoms. The Morgan fingerprint density at radius 2 is 1.86 bits per heavy atom. The van der Waals surface area contributed by atoms with Gasteiger partial charge in [-0.25, -0.2) is 0 Å². The van der Waals surface area contributed by atoms with Gasteiger partial charge in [0.1, 0.15) is 6.61 Å². The van der Waals surface area contributed by atoms with Crippen LogP contribution in [0.3, 0.4) is 0 Å². The summed E-state index contributed by atoms with van der Waals surface area (Å²) in [5.41, 5.74) is 9.01. The van der Waals surface area contributed by atoms with E-state index in [1.54, 1.807) is 36.3 Å². The summed E-state index contributed by atoms with van der Waals surface area (Å²) in [6.45, 7) is 2.64. The first-order valence-corrected chi connectivity index (χ1v) is 11.9. The van der Waals surface area contributed by atoms with Crippen molar-refractivity contribution in [1.29, 1.82) is 0 Å². The van der Waals surface area contributed by atoms with Gasteiger partial charge in [0.05, 0.1) is 18.7 Å². The number of para-hydroxylation sites is 1. The number of methoxy groups -OCH3 is 1. The van der Waals surface area contributed by atoms with E-state index < -0.39 is 5.92 Å². The number of halogens is 1. The number of hydrazine groups is 1. The number of carbonyl (C=O) groups excluding carboxylic acids is 2. The van der Waals surface area contributed by atoms with Crippen molar-refractivity contribution in [1.82, 2.24) is 5.43 Å². The van der Waals surface area contributed by atoms with Gasteiger partial charge in [-0.05, 0) is 42.3 Å². The second-order valence-corrected chi connectivity index (χ2v) is 8.66. The molecule has 3 aromatic carbocycles. The first-order chi connectivity index (χ1) is 17.0. The minimum atomic E-state index is -0.473. The number of ether oxygens (including phenoxy) is 2. The van der Waals surface area contributed by atoms with Gasteiger partial charge in [-0.2, -0.15) is 0 Å². The highest BCUT2D eigenvalue weighted by atomic mass is 35.5. The van der Waals surface area contributed by atoms with Gasteiger partial charge in [0, 0.05) is 29.2 Å². The summed E-state index contributed by atoms with van der Waals surface area (Å²) in [4.78, 5) is 27.1. The van der Waals surface area contributed by atoms with Crippen molar-refractivity contribution in [3.05, 3.63) is 82.9 Å². The first kappa shape index (κ1) is 24.4. The third-order valence-corrected chi connectivity index (χ3v) is 6.37. The third-order valence-electron chi connectivity index (χ3n) is 6.00. The highest BCUT2D eigenvalue weighted by molar-refractivity contribution is 6.31. The zero-order valence-electron chi connectivity index (χ0n) is 19.7. The number of amides is 2. The van der Waals surface area contributed by atoms with Crippen LogP contribution in [-0.2, 0) is 22.6 Å². The van der Waals surface area contributed by atoms with Gasteiger partial charge < -0.3 is 14.4 Å². The van der Waals surface area contributed by atoms with Gasteiger partial charge in [0.2, 0.25) is 11.8 Å². The summed E-state index contributed by atoms with van der Waals surface area (Å²) >= 11 is 6.25. The van der Waals surface area contributed by atoms with Crippen LogP contribution in [0.4, 0.5) is 11.4 Å². The Balaban J connectivity index is 1.41. The molecule has 2 N–H and O–H groups in total. The van der Waals surface area contributed by atoms with E-state index in [-0.39, 0.29) is 24.8 Å². The Labute approximate surface area is 210 Å². The molecule has 0 unspecified atom stereocenters. The maximum Gasteiger partial charge on any atom is 0.243 e. The van der Waals surface area contributed by atoms with Crippen molar-refractivity contribution in [3.8, 4) is 11.5 Å². The van der Waals surface area contributed by atoms with Crippen molar-refractivity contribution in [2.45, 2.75) is 26.4 Å². The van der Waals surface area contributed by atoms with E-state index in [1.807, 2.05) is 42.5 Å². The molecule has 0 radical (unpaired) electrons. The molecule has 1 aliphatic heterocycles. The van der Waals surface area contributed by atoms with Gasteiger partial charge >= 0.3 is 0 Å². The molecule has 0 spiro atoms. The normalized spacial score (nSPS) is 15.1. The monoisotopic (exact) mass is 493 g/mol. The Hall–Kier alpha value is -3.71. The van der Waals surface area contributed by atoms with E-state index in [9.17, 15) is 9.59 Å².